The number of carbonyl (C=O) groups is 2. The third-order valence-electron chi connectivity index (χ3n) is 3.61. The van der Waals surface area contributed by atoms with Crippen molar-refractivity contribution in [3.05, 3.63) is 57.6 Å². The van der Waals surface area contributed by atoms with E-state index in [9.17, 15) is 20.0 Å². The number of nitrogens with one attached hydrogen (secondary N) is 1. The van der Waals surface area contributed by atoms with Gasteiger partial charge in [0.05, 0.1) is 19.3 Å². The van der Waals surface area contributed by atoms with E-state index in [2.05, 4.69) is 26.0 Å². The van der Waals surface area contributed by atoms with Crippen molar-refractivity contribution in [2.75, 3.05) is 19.0 Å². The minimum Gasteiger partial charge on any atom is -0.504 e. The first kappa shape index (κ1) is 21.0. The SMILES string of the molecule is CCOc1cc(/C=C(\C#N)C(=O)Nc2ccc(C(=O)OC)cc2)c(Br)cc1O. The molecule has 2 aromatic rings. The summed E-state index contributed by atoms with van der Waals surface area (Å²) in [5, 5.41) is 21.8. The van der Waals surface area contributed by atoms with Crippen LogP contribution in [-0.2, 0) is 9.53 Å². The number of amides is 1. The topological polar surface area (TPSA) is 109 Å². The van der Waals surface area contributed by atoms with Crippen LogP contribution in [-0.4, -0.2) is 30.7 Å². The fourth-order valence-corrected chi connectivity index (χ4v) is 2.70. The number of carbonyl (C=O) groups excluding carboxylic acids is 2. The van der Waals surface area contributed by atoms with Crippen LogP contribution in [0.2, 0.25) is 0 Å². The molecule has 0 unspecified atom stereocenters. The summed E-state index contributed by atoms with van der Waals surface area (Å²) < 4.78 is 10.4. The van der Waals surface area contributed by atoms with E-state index in [1.807, 2.05) is 6.07 Å². The van der Waals surface area contributed by atoms with Crippen LogP contribution in [0.4, 0.5) is 5.69 Å². The van der Waals surface area contributed by atoms with Crippen LogP contribution in [0.25, 0.3) is 6.08 Å². The Kier molecular flexibility index (Phi) is 7.18. The number of phenolic OH excluding ortho intramolecular Hbond substituents is 1. The van der Waals surface area contributed by atoms with Gasteiger partial charge in [0.15, 0.2) is 11.5 Å². The molecule has 0 fully saturated rings. The van der Waals surface area contributed by atoms with Crippen LogP contribution in [0.3, 0.4) is 0 Å². The van der Waals surface area contributed by atoms with E-state index in [-0.39, 0.29) is 17.1 Å². The van der Waals surface area contributed by atoms with Gasteiger partial charge in [-0.15, -0.1) is 0 Å². The minimum atomic E-state index is -0.619. The molecule has 0 spiro atoms. The smallest absolute Gasteiger partial charge is 0.337 e. The van der Waals surface area contributed by atoms with Crippen molar-refractivity contribution in [3.8, 4) is 17.6 Å². The summed E-state index contributed by atoms with van der Waals surface area (Å²) in [6.45, 7) is 2.13. The molecule has 28 heavy (non-hydrogen) atoms. The number of esters is 1. The Balaban J connectivity index is 2.25. The summed E-state index contributed by atoms with van der Waals surface area (Å²) in [6.07, 6.45) is 1.38. The number of phenols is 1. The van der Waals surface area contributed by atoms with Gasteiger partial charge in [-0.05, 0) is 55.0 Å². The molecule has 0 aliphatic carbocycles. The first-order valence-corrected chi connectivity index (χ1v) is 8.95. The van der Waals surface area contributed by atoms with Gasteiger partial charge < -0.3 is 19.9 Å². The van der Waals surface area contributed by atoms with Crippen LogP contribution < -0.4 is 10.1 Å². The summed E-state index contributed by atoms with van der Waals surface area (Å²) >= 11 is 3.29. The van der Waals surface area contributed by atoms with Gasteiger partial charge in [-0.1, -0.05) is 15.9 Å². The van der Waals surface area contributed by atoms with E-state index in [0.29, 0.717) is 27.9 Å². The first-order valence-electron chi connectivity index (χ1n) is 8.16. The zero-order valence-electron chi connectivity index (χ0n) is 15.2. The van der Waals surface area contributed by atoms with E-state index in [1.165, 1.54) is 49.6 Å². The standard InChI is InChI=1S/C20H17BrN2O5/c1-3-28-18-9-13(16(21)10-17(18)24)8-14(11-22)19(25)23-15-6-4-12(5-7-15)20(26)27-2/h4-10,24H,3H2,1-2H3,(H,23,25)/b14-8+. The van der Waals surface area contributed by atoms with Gasteiger partial charge >= 0.3 is 5.97 Å². The molecular weight excluding hydrogens is 428 g/mol. The summed E-state index contributed by atoms with van der Waals surface area (Å²) in [5.74, 6) is -0.920. The number of nitriles is 1. The average molecular weight is 445 g/mol. The van der Waals surface area contributed by atoms with Crippen molar-refractivity contribution in [1.82, 2.24) is 0 Å². The van der Waals surface area contributed by atoms with Crippen molar-refractivity contribution >= 4 is 39.6 Å². The highest BCUT2D eigenvalue weighted by molar-refractivity contribution is 9.10. The summed E-state index contributed by atoms with van der Waals surface area (Å²) in [6, 6.07) is 10.9. The Labute approximate surface area is 170 Å². The van der Waals surface area contributed by atoms with E-state index >= 15 is 0 Å². The molecule has 0 saturated heterocycles. The third kappa shape index (κ3) is 5.11. The van der Waals surface area contributed by atoms with Crippen LogP contribution in [0.1, 0.15) is 22.8 Å². The van der Waals surface area contributed by atoms with Gasteiger partial charge in [0.2, 0.25) is 0 Å². The van der Waals surface area contributed by atoms with E-state index < -0.39 is 11.9 Å². The summed E-state index contributed by atoms with van der Waals surface area (Å²) in [4.78, 5) is 23.9. The molecule has 0 saturated carbocycles. The second-order valence-corrected chi connectivity index (χ2v) is 6.32. The molecule has 2 aromatic carbocycles. The number of hydrogen-bond donors (Lipinski definition) is 2. The second-order valence-electron chi connectivity index (χ2n) is 5.47. The van der Waals surface area contributed by atoms with Gasteiger partial charge in [0.1, 0.15) is 11.6 Å². The zero-order chi connectivity index (χ0) is 20.7. The number of rotatable bonds is 6. The van der Waals surface area contributed by atoms with Crippen molar-refractivity contribution < 1.29 is 24.2 Å². The molecular formula is C20H17BrN2O5. The van der Waals surface area contributed by atoms with Gasteiger partial charge in [0, 0.05) is 10.2 Å². The molecule has 1 amide bonds. The molecule has 0 aromatic heterocycles. The first-order chi connectivity index (χ1) is 13.4. The Bertz CT molecular complexity index is 962. The Morgan fingerprint density at radius 1 is 1.29 bits per heavy atom. The minimum absolute atomic E-state index is 0.0560. The molecule has 2 N–H and O–H groups in total. The molecule has 2 rings (SSSR count). The number of ether oxygens (including phenoxy) is 2. The second kappa shape index (κ2) is 9.58. The Hall–Kier alpha value is -3.31. The largest absolute Gasteiger partial charge is 0.504 e. The summed E-state index contributed by atoms with van der Waals surface area (Å²) in [5.41, 5.74) is 1.10. The van der Waals surface area contributed by atoms with E-state index in [0.717, 1.165) is 0 Å². The maximum absolute atomic E-state index is 12.4. The van der Waals surface area contributed by atoms with Crippen LogP contribution in [0.5, 0.6) is 11.5 Å². The lowest BCUT2D eigenvalue weighted by molar-refractivity contribution is -0.112. The van der Waals surface area contributed by atoms with Crippen LogP contribution in [0.15, 0.2) is 46.4 Å². The Morgan fingerprint density at radius 3 is 2.54 bits per heavy atom. The lowest BCUT2D eigenvalue weighted by Crippen LogP contribution is -2.13. The van der Waals surface area contributed by atoms with Gasteiger partial charge in [-0.2, -0.15) is 5.26 Å². The van der Waals surface area contributed by atoms with Crippen molar-refractivity contribution in [3.63, 3.8) is 0 Å². The van der Waals surface area contributed by atoms with Crippen molar-refractivity contribution in [2.45, 2.75) is 6.92 Å². The maximum atomic E-state index is 12.4. The predicted molar refractivity (Wildman–Crippen MR) is 107 cm³/mol. The molecule has 7 nitrogen and oxygen atoms in total. The number of aromatic hydroxyl groups is 1. The van der Waals surface area contributed by atoms with Gasteiger partial charge in [-0.3, -0.25) is 4.79 Å². The normalized spacial score (nSPS) is 10.7. The highest BCUT2D eigenvalue weighted by atomic mass is 79.9. The average Bonchev–Trinajstić information content (AvgIpc) is 2.69. The van der Waals surface area contributed by atoms with Gasteiger partial charge in [0.25, 0.3) is 5.91 Å². The zero-order valence-corrected chi connectivity index (χ0v) is 16.7. The molecule has 8 heteroatoms. The molecule has 0 heterocycles. The number of anilines is 1. The number of benzene rings is 2. The lowest BCUT2D eigenvalue weighted by Gasteiger charge is -2.09. The van der Waals surface area contributed by atoms with Crippen LogP contribution >= 0.6 is 15.9 Å². The number of hydrogen-bond acceptors (Lipinski definition) is 6. The monoisotopic (exact) mass is 444 g/mol. The fraction of sp³-hybridized carbons (Fsp3) is 0.150. The molecule has 0 aliphatic heterocycles. The third-order valence-corrected chi connectivity index (χ3v) is 4.29. The summed E-state index contributed by atoms with van der Waals surface area (Å²) in [7, 11) is 1.28. The van der Waals surface area contributed by atoms with Crippen molar-refractivity contribution in [2.24, 2.45) is 0 Å². The molecule has 0 radical (unpaired) electrons. The van der Waals surface area contributed by atoms with Gasteiger partial charge in [-0.25, -0.2) is 4.79 Å². The number of halogens is 1. The molecule has 0 atom stereocenters. The highest BCUT2D eigenvalue weighted by Crippen LogP contribution is 2.33. The Morgan fingerprint density at radius 2 is 1.96 bits per heavy atom. The fourth-order valence-electron chi connectivity index (χ4n) is 2.25. The predicted octanol–water partition coefficient (Wildman–Crippen LogP) is 3.89. The van der Waals surface area contributed by atoms with E-state index in [1.54, 1.807) is 6.92 Å². The molecule has 0 bridgehead atoms. The quantitative estimate of drug-likeness (QED) is 0.397. The van der Waals surface area contributed by atoms with Crippen LogP contribution in [0, 0.1) is 11.3 Å². The molecule has 0 aliphatic rings. The number of nitrogens with zero attached hydrogens (tertiary/aromatic N) is 1. The molecule has 144 valence electrons. The maximum Gasteiger partial charge on any atom is 0.337 e. The highest BCUT2D eigenvalue weighted by Gasteiger charge is 2.13. The van der Waals surface area contributed by atoms with Crippen molar-refractivity contribution in [1.29, 1.82) is 5.26 Å². The number of methoxy groups -OCH3 is 1. The van der Waals surface area contributed by atoms with E-state index in [4.69, 9.17) is 4.74 Å². The lowest BCUT2D eigenvalue weighted by atomic mass is 10.1.